The van der Waals surface area contributed by atoms with Crippen LogP contribution in [0.2, 0.25) is 0 Å². The van der Waals surface area contributed by atoms with E-state index >= 15 is 0 Å². The Hall–Kier alpha value is -1.31. The van der Waals surface area contributed by atoms with Gasteiger partial charge >= 0.3 is 0 Å². The van der Waals surface area contributed by atoms with Crippen LogP contribution in [0.1, 0.15) is 11.1 Å². The van der Waals surface area contributed by atoms with E-state index in [-0.39, 0.29) is 0 Å². The standard InChI is InChI=1S/C15H12Br2N2/c1-19(10-12-4-2-3-5-14(12)17)15-8-13(16)7-6-11(15)9-18/h2-8H,10H2,1H3. The summed E-state index contributed by atoms with van der Waals surface area (Å²) in [6.45, 7) is 0.743. The molecule has 0 aliphatic rings. The zero-order chi connectivity index (χ0) is 13.8. The predicted octanol–water partition coefficient (Wildman–Crippen LogP) is 4.72. The highest BCUT2D eigenvalue weighted by molar-refractivity contribution is 9.10. The van der Waals surface area contributed by atoms with Gasteiger partial charge in [-0.1, -0.05) is 50.1 Å². The largest absolute Gasteiger partial charge is 0.369 e. The predicted molar refractivity (Wildman–Crippen MR) is 85.1 cm³/mol. The topological polar surface area (TPSA) is 27.0 Å². The van der Waals surface area contributed by atoms with E-state index in [4.69, 9.17) is 0 Å². The second kappa shape index (κ2) is 6.23. The second-order valence-electron chi connectivity index (χ2n) is 4.22. The summed E-state index contributed by atoms with van der Waals surface area (Å²) in [5.74, 6) is 0. The zero-order valence-electron chi connectivity index (χ0n) is 10.4. The molecule has 0 saturated carbocycles. The van der Waals surface area contributed by atoms with Crippen LogP contribution in [0.25, 0.3) is 0 Å². The average Bonchev–Trinajstić information content (AvgIpc) is 2.41. The van der Waals surface area contributed by atoms with Crippen LogP contribution in [-0.4, -0.2) is 7.05 Å². The molecule has 0 aliphatic heterocycles. The monoisotopic (exact) mass is 378 g/mol. The van der Waals surface area contributed by atoms with E-state index in [0.29, 0.717) is 5.56 Å². The SMILES string of the molecule is CN(Cc1ccccc1Br)c1cc(Br)ccc1C#N. The highest BCUT2D eigenvalue weighted by Gasteiger charge is 2.10. The molecule has 4 heteroatoms. The summed E-state index contributed by atoms with van der Waals surface area (Å²) in [6, 6.07) is 16.0. The Balaban J connectivity index is 2.30. The van der Waals surface area contributed by atoms with Crippen molar-refractivity contribution in [1.82, 2.24) is 0 Å². The average molecular weight is 380 g/mol. The van der Waals surface area contributed by atoms with Crippen molar-refractivity contribution in [2.75, 3.05) is 11.9 Å². The number of anilines is 1. The second-order valence-corrected chi connectivity index (χ2v) is 5.99. The molecule has 0 N–H and O–H groups in total. The first-order valence-electron chi connectivity index (χ1n) is 5.76. The molecule has 2 aromatic rings. The molecule has 0 amide bonds. The van der Waals surface area contributed by atoms with Crippen LogP contribution in [0.5, 0.6) is 0 Å². The summed E-state index contributed by atoms with van der Waals surface area (Å²) in [5.41, 5.74) is 2.79. The van der Waals surface area contributed by atoms with E-state index in [1.165, 1.54) is 5.56 Å². The van der Waals surface area contributed by atoms with Gasteiger partial charge in [0.15, 0.2) is 0 Å². The summed E-state index contributed by atoms with van der Waals surface area (Å²) in [7, 11) is 1.99. The smallest absolute Gasteiger partial charge is 0.101 e. The lowest BCUT2D eigenvalue weighted by molar-refractivity contribution is 0.916. The first-order chi connectivity index (χ1) is 9.11. The molecule has 19 heavy (non-hydrogen) atoms. The van der Waals surface area contributed by atoms with Crippen molar-refractivity contribution in [3.8, 4) is 6.07 Å². The lowest BCUT2D eigenvalue weighted by Crippen LogP contribution is -2.17. The Labute approximate surface area is 129 Å². The quantitative estimate of drug-likeness (QED) is 0.771. The third-order valence-corrected chi connectivity index (χ3v) is 4.12. The number of benzene rings is 2. The van der Waals surface area contributed by atoms with Crippen LogP contribution >= 0.6 is 31.9 Å². The molecule has 0 atom stereocenters. The van der Waals surface area contributed by atoms with E-state index < -0.39 is 0 Å². The maximum absolute atomic E-state index is 9.18. The Morgan fingerprint density at radius 1 is 1.16 bits per heavy atom. The van der Waals surface area contributed by atoms with E-state index in [0.717, 1.165) is 21.2 Å². The van der Waals surface area contributed by atoms with Crippen LogP contribution < -0.4 is 4.90 Å². The lowest BCUT2D eigenvalue weighted by Gasteiger charge is -2.21. The van der Waals surface area contributed by atoms with Crippen molar-refractivity contribution in [1.29, 1.82) is 5.26 Å². The van der Waals surface area contributed by atoms with Gasteiger partial charge in [0, 0.05) is 22.5 Å². The molecule has 0 spiro atoms. The molecule has 0 heterocycles. The van der Waals surface area contributed by atoms with Crippen molar-refractivity contribution in [3.05, 3.63) is 62.5 Å². The van der Waals surface area contributed by atoms with Gasteiger partial charge in [-0.25, -0.2) is 0 Å². The highest BCUT2D eigenvalue weighted by atomic mass is 79.9. The molecule has 0 radical (unpaired) electrons. The minimum absolute atomic E-state index is 0.678. The fourth-order valence-corrected chi connectivity index (χ4v) is 2.64. The number of hydrogen-bond acceptors (Lipinski definition) is 2. The summed E-state index contributed by atoms with van der Waals surface area (Å²) >= 11 is 6.99. The zero-order valence-corrected chi connectivity index (χ0v) is 13.6. The van der Waals surface area contributed by atoms with Crippen LogP contribution in [-0.2, 0) is 6.54 Å². The van der Waals surface area contributed by atoms with Crippen LogP contribution in [0, 0.1) is 11.3 Å². The van der Waals surface area contributed by atoms with Crippen LogP contribution in [0.3, 0.4) is 0 Å². The molecule has 2 aromatic carbocycles. The molecule has 0 aliphatic carbocycles. The minimum atomic E-state index is 0.678. The van der Waals surface area contributed by atoms with E-state index in [9.17, 15) is 5.26 Å². The molecule has 0 fully saturated rings. The number of rotatable bonds is 3. The van der Waals surface area contributed by atoms with Gasteiger partial charge in [-0.3, -0.25) is 0 Å². The molecular weight excluding hydrogens is 368 g/mol. The van der Waals surface area contributed by atoms with Crippen molar-refractivity contribution < 1.29 is 0 Å². The molecular formula is C15H12Br2N2. The number of halogens is 2. The maximum atomic E-state index is 9.18. The van der Waals surface area contributed by atoms with Crippen molar-refractivity contribution >= 4 is 37.5 Å². The molecule has 2 nitrogen and oxygen atoms in total. The third-order valence-electron chi connectivity index (χ3n) is 2.86. The molecule has 0 unspecified atom stereocenters. The number of nitrogens with zero attached hydrogens (tertiary/aromatic N) is 2. The molecule has 0 bridgehead atoms. The lowest BCUT2D eigenvalue weighted by atomic mass is 10.1. The Kier molecular flexibility index (Phi) is 4.62. The maximum Gasteiger partial charge on any atom is 0.101 e. The molecule has 96 valence electrons. The Morgan fingerprint density at radius 3 is 2.58 bits per heavy atom. The van der Waals surface area contributed by atoms with Gasteiger partial charge in [0.2, 0.25) is 0 Å². The van der Waals surface area contributed by atoms with Crippen LogP contribution in [0.4, 0.5) is 5.69 Å². The highest BCUT2D eigenvalue weighted by Crippen LogP contribution is 2.26. The van der Waals surface area contributed by atoms with Crippen molar-refractivity contribution in [2.24, 2.45) is 0 Å². The minimum Gasteiger partial charge on any atom is -0.369 e. The summed E-state index contributed by atoms with van der Waals surface area (Å²) in [6.07, 6.45) is 0. The van der Waals surface area contributed by atoms with Gasteiger partial charge in [-0.15, -0.1) is 0 Å². The van der Waals surface area contributed by atoms with E-state index in [2.05, 4.69) is 48.9 Å². The van der Waals surface area contributed by atoms with E-state index in [1.54, 1.807) is 0 Å². The van der Waals surface area contributed by atoms with E-state index in [1.807, 2.05) is 43.4 Å². The van der Waals surface area contributed by atoms with Gasteiger partial charge in [0.25, 0.3) is 0 Å². The normalized spacial score (nSPS) is 10.0. The summed E-state index contributed by atoms with van der Waals surface area (Å²) in [5, 5.41) is 9.18. The van der Waals surface area contributed by atoms with Gasteiger partial charge < -0.3 is 4.90 Å². The van der Waals surface area contributed by atoms with Gasteiger partial charge in [0.1, 0.15) is 6.07 Å². The third kappa shape index (κ3) is 3.37. The van der Waals surface area contributed by atoms with Gasteiger partial charge in [-0.2, -0.15) is 5.26 Å². The first kappa shape index (κ1) is 14.1. The summed E-state index contributed by atoms with van der Waals surface area (Å²) < 4.78 is 2.05. The van der Waals surface area contributed by atoms with Crippen molar-refractivity contribution in [2.45, 2.75) is 6.54 Å². The number of hydrogen-bond donors (Lipinski definition) is 0. The van der Waals surface area contributed by atoms with Crippen molar-refractivity contribution in [3.63, 3.8) is 0 Å². The number of nitriles is 1. The van der Waals surface area contributed by atoms with Crippen LogP contribution in [0.15, 0.2) is 51.4 Å². The molecule has 0 saturated heterocycles. The van der Waals surface area contributed by atoms with Gasteiger partial charge in [-0.05, 0) is 29.8 Å². The fourth-order valence-electron chi connectivity index (χ4n) is 1.88. The fraction of sp³-hybridized carbons (Fsp3) is 0.133. The Morgan fingerprint density at radius 2 is 1.89 bits per heavy atom. The molecule has 0 aromatic heterocycles. The Bertz CT molecular complexity index is 632. The first-order valence-corrected chi connectivity index (χ1v) is 7.34. The summed E-state index contributed by atoms with van der Waals surface area (Å²) in [4.78, 5) is 2.07. The molecule has 2 rings (SSSR count). The van der Waals surface area contributed by atoms with Gasteiger partial charge in [0.05, 0.1) is 11.3 Å².